The Kier molecular flexibility index (Phi) is 9.70. The summed E-state index contributed by atoms with van der Waals surface area (Å²) in [5, 5.41) is 3.05. The van der Waals surface area contributed by atoms with Gasteiger partial charge in [0.05, 0.1) is 12.1 Å². The highest BCUT2D eigenvalue weighted by Gasteiger charge is 2.46. The summed E-state index contributed by atoms with van der Waals surface area (Å²) in [6.45, 7) is 8.86. The smallest absolute Gasteiger partial charge is 0.238 e. The zero-order valence-corrected chi connectivity index (χ0v) is 16.3. The molecule has 2 aliphatic rings. The number of nitrogens with one attached hydrogen (secondary N) is 1. The minimum atomic E-state index is -0.215. The first-order valence-electron chi connectivity index (χ1n) is 6.90. The van der Waals surface area contributed by atoms with Crippen molar-refractivity contribution < 1.29 is 9.59 Å². The molecule has 0 aliphatic carbocycles. The van der Waals surface area contributed by atoms with Gasteiger partial charge in [-0.15, -0.1) is 0 Å². The molecule has 126 valence electrons. The van der Waals surface area contributed by atoms with Gasteiger partial charge in [-0.3, -0.25) is 14.5 Å². The molecule has 0 saturated carbocycles. The van der Waals surface area contributed by atoms with Crippen molar-refractivity contribution in [2.45, 2.75) is 64.6 Å². The minimum Gasteiger partial charge on any atom is -0.350 e. The number of piperidine rings is 1. The normalized spacial score (nSPS) is 28.6. The van der Waals surface area contributed by atoms with Crippen LogP contribution < -0.4 is 5.32 Å². The predicted molar refractivity (Wildman–Crippen MR) is 101 cm³/mol. The Morgan fingerprint density at radius 2 is 1.81 bits per heavy atom. The average molecular weight is 355 g/mol. The average Bonchev–Trinajstić information content (AvgIpc) is 2.63. The maximum atomic E-state index is 12.4. The summed E-state index contributed by atoms with van der Waals surface area (Å²) in [5.74, 6) is 0.517. The van der Waals surface area contributed by atoms with Gasteiger partial charge in [0.25, 0.3) is 0 Å². The van der Waals surface area contributed by atoms with Gasteiger partial charge in [0.2, 0.25) is 5.91 Å². The van der Waals surface area contributed by atoms with Gasteiger partial charge >= 0.3 is 0 Å². The monoisotopic (exact) mass is 354 g/mol. The van der Waals surface area contributed by atoms with Crippen LogP contribution in [0.4, 0.5) is 0 Å². The molecule has 0 aromatic carbocycles. The molecule has 0 bridgehead atoms. The number of hydrogen-bond acceptors (Lipinski definition) is 3. The Morgan fingerprint density at radius 1 is 1.24 bits per heavy atom. The van der Waals surface area contributed by atoms with E-state index in [-0.39, 0.29) is 69.9 Å². The third-order valence-corrected chi connectivity index (χ3v) is 3.85. The molecule has 2 rings (SSSR count). The first kappa shape index (κ1) is 23.4. The maximum absolute atomic E-state index is 12.4. The zero-order chi connectivity index (χ0) is 13.5. The van der Waals surface area contributed by atoms with E-state index in [4.69, 9.17) is 0 Å². The van der Waals surface area contributed by atoms with Gasteiger partial charge in [-0.1, -0.05) is 6.92 Å². The van der Waals surface area contributed by atoms with E-state index in [1.807, 2.05) is 27.7 Å². The number of amides is 1. The predicted octanol–water partition coefficient (Wildman–Crippen LogP) is 1.68. The molecule has 2 fully saturated rings. The summed E-state index contributed by atoms with van der Waals surface area (Å²) in [6.07, 6.45) is 2.50. The number of carbonyl (C=O) groups is 2. The van der Waals surface area contributed by atoms with Crippen molar-refractivity contribution in [3.8, 4) is 0 Å². The molecule has 4 nitrogen and oxygen atoms in total. The number of rotatable bonds is 1. The summed E-state index contributed by atoms with van der Waals surface area (Å²) in [5.41, 5.74) is -0.215. The Hall–Kier alpha value is 0.150. The van der Waals surface area contributed by atoms with Gasteiger partial charge in [-0.05, 0) is 46.1 Å². The van der Waals surface area contributed by atoms with Crippen molar-refractivity contribution in [3.63, 3.8) is 0 Å². The van der Waals surface area contributed by atoms with Crippen LogP contribution in [0, 0.1) is 5.92 Å². The SMILES string of the molecule is C[C@@H]1CC(=O)[C@@H]2CCCN2[C@H]1C(=O)NC(C)(C)C.S.S.S. The van der Waals surface area contributed by atoms with Crippen LogP contribution in [-0.4, -0.2) is 40.8 Å². The fourth-order valence-corrected chi connectivity index (χ4v) is 3.21. The lowest BCUT2D eigenvalue weighted by Gasteiger charge is -2.40. The number of ketones is 1. The number of carbonyl (C=O) groups excluding carboxylic acids is 2. The molecule has 2 aliphatic heterocycles. The van der Waals surface area contributed by atoms with E-state index in [9.17, 15) is 9.59 Å². The standard InChI is InChI=1S/C14H24N2O2.3H2S/c1-9-8-11(17)10-6-5-7-16(10)12(9)13(18)15-14(2,3)4;;;/h9-10,12H,5-8H2,1-4H3,(H,15,18);3*1H2/t9-,10+,12-;;;/m1.../s1. The molecule has 0 unspecified atom stereocenters. The van der Waals surface area contributed by atoms with Gasteiger partial charge in [0, 0.05) is 12.0 Å². The summed E-state index contributed by atoms with van der Waals surface area (Å²) in [4.78, 5) is 26.5. The van der Waals surface area contributed by atoms with Gasteiger partial charge in [-0.25, -0.2) is 0 Å². The highest BCUT2D eigenvalue weighted by atomic mass is 32.1. The first-order valence-corrected chi connectivity index (χ1v) is 6.90. The molecule has 21 heavy (non-hydrogen) atoms. The van der Waals surface area contributed by atoms with Gasteiger partial charge in [0.15, 0.2) is 0 Å². The van der Waals surface area contributed by atoms with Crippen LogP contribution in [-0.2, 0) is 9.59 Å². The Labute approximate surface area is 149 Å². The zero-order valence-electron chi connectivity index (χ0n) is 13.3. The maximum Gasteiger partial charge on any atom is 0.238 e. The van der Waals surface area contributed by atoms with Gasteiger partial charge in [-0.2, -0.15) is 40.5 Å². The van der Waals surface area contributed by atoms with E-state index < -0.39 is 0 Å². The summed E-state index contributed by atoms with van der Waals surface area (Å²) >= 11 is 0. The van der Waals surface area contributed by atoms with E-state index in [1.165, 1.54) is 0 Å². The minimum absolute atomic E-state index is 0. The topological polar surface area (TPSA) is 49.4 Å². The highest BCUT2D eigenvalue weighted by molar-refractivity contribution is 7.59. The van der Waals surface area contributed by atoms with Crippen LogP contribution >= 0.6 is 40.5 Å². The summed E-state index contributed by atoms with van der Waals surface area (Å²) in [7, 11) is 0. The number of hydrogen-bond donors (Lipinski definition) is 1. The Balaban J connectivity index is 0. The van der Waals surface area contributed by atoms with Crippen molar-refractivity contribution >= 4 is 52.2 Å². The van der Waals surface area contributed by atoms with E-state index in [2.05, 4.69) is 10.2 Å². The molecule has 1 amide bonds. The van der Waals surface area contributed by atoms with Crippen molar-refractivity contribution in [3.05, 3.63) is 0 Å². The molecular weight excluding hydrogens is 324 g/mol. The molecule has 2 saturated heterocycles. The van der Waals surface area contributed by atoms with E-state index in [0.717, 1.165) is 19.4 Å². The molecular formula is C14H30N2O2S3. The molecule has 0 spiro atoms. The van der Waals surface area contributed by atoms with Crippen LogP contribution in [0.15, 0.2) is 0 Å². The fourth-order valence-electron chi connectivity index (χ4n) is 3.21. The third-order valence-electron chi connectivity index (χ3n) is 3.85. The van der Waals surface area contributed by atoms with Crippen molar-refractivity contribution in [1.82, 2.24) is 10.2 Å². The van der Waals surface area contributed by atoms with Crippen LogP contribution in [0.1, 0.15) is 47.0 Å². The lowest BCUT2D eigenvalue weighted by molar-refractivity contribution is -0.138. The molecule has 0 aromatic rings. The quantitative estimate of drug-likeness (QED) is 0.779. The van der Waals surface area contributed by atoms with Gasteiger partial charge < -0.3 is 5.32 Å². The van der Waals surface area contributed by atoms with Crippen molar-refractivity contribution in [2.24, 2.45) is 5.92 Å². The Bertz CT molecular complexity index is 372. The lowest BCUT2D eigenvalue weighted by atomic mass is 9.85. The second-order valence-corrected chi connectivity index (χ2v) is 6.73. The summed E-state index contributed by atoms with van der Waals surface area (Å²) < 4.78 is 0. The van der Waals surface area contributed by atoms with Crippen molar-refractivity contribution in [2.75, 3.05) is 6.54 Å². The first-order chi connectivity index (χ1) is 8.29. The molecule has 1 N–H and O–H groups in total. The van der Waals surface area contributed by atoms with E-state index in [1.54, 1.807) is 0 Å². The van der Waals surface area contributed by atoms with E-state index >= 15 is 0 Å². The Morgan fingerprint density at radius 3 is 2.33 bits per heavy atom. The summed E-state index contributed by atoms with van der Waals surface area (Å²) in [6, 6.07) is -0.133. The molecule has 0 aromatic heterocycles. The molecule has 2 heterocycles. The van der Waals surface area contributed by atoms with Crippen LogP contribution in [0.2, 0.25) is 0 Å². The molecule has 3 atom stereocenters. The number of nitrogens with zero attached hydrogens (tertiary/aromatic N) is 1. The fraction of sp³-hybridized carbons (Fsp3) is 0.857. The second-order valence-electron chi connectivity index (χ2n) is 6.73. The van der Waals surface area contributed by atoms with Crippen LogP contribution in [0.3, 0.4) is 0 Å². The molecule has 0 radical (unpaired) electrons. The van der Waals surface area contributed by atoms with E-state index in [0.29, 0.717) is 12.2 Å². The second kappa shape index (κ2) is 8.70. The highest BCUT2D eigenvalue weighted by Crippen LogP contribution is 2.32. The van der Waals surface area contributed by atoms with Crippen LogP contribution in [0.5, 0.6) is 0 Å². The van der Waals surface area contributed by atoms with Gasteiger partial charge in [0.1, 0.15) is 5.78 Å². The molecule has 7 heteroatoms. The number of fused-ring (bicyclic) bond motifs is 1. The van der Waals surface area contributed by atoms with Crippen molar-refractivity contribution in [1.29, 1.82) is 0 Å². The largest absolute Gasteiger partial charge is 0.350 e. The number of Topliss-reactive ketones (excluding diaryl/α,β-unsaturated/α-hetero) is 1. The van der Waals surface area contributed by atoms with Crippen LogP contribution in [0.25, 0.3) is 0 Å². The third kappa shape index (κ3) is 5.37. The lowest BCUT2D eigenvalue weighted by Crippen LogP contribution is -2.60.